The quantitative estimate of drug-likeness (QED) is 0.676. The summed E-state index contributed by atoms with van der Waals surface area (Å²) in [4.78, 5) is 23.4. The Balaban J connectivity index is 1.87. The van der Waals surface area contributed by atoms with E-state index in [0.29, 0.717) is 30.1 Å². The number of hydrogen-bond acceptors (Lipinski definition) is 2. The molecule has 1 N–H and O–H groups in total. The van der Waals surface area contributed by atoms with Gasteiger partial charge in [0.25, 0.3) is 0 Å². The lowest BCUT2D eigenvalue weighted by Crippen LogP contribution is -2.54. The average molecular weight is 221 g/mol. The second kappa shape index (κ2) is 3.31. The van der Waals surface area contributed by atoms with Gasteiger partial charge in [-0.3, -0.25) is 9.59 Å². The van der Waals surface area contributed by atoms with Crippen LogP contribution in [0.5, 0.6) is 0 Å². The third kappa shape index (κ3) is 1.26. The zero-order chi connectivity index (χ0) is 11.3. The molecule has 2 saturated carbocycles. The summed E-state index contributed by atoms with van der Waals surface area (Å²) in [6.07, 6.45) is 5.42. The zero-order valence-electron chi connectivity index (χ0n) is 9.79. The van der Waals surface area contributed by atoms with E-state index in [1.54, 1.807) is 0 Å². The standard InChI is InChI=1S/C13H19NO2/c1-13-7-6-10-8(2-5-12(16)14-10)9(13)3-4-11(13)15/h8-10H,2-7H2,1H3,(H,14,16)/t8-,9-,10-,13-/m0/s1. The molecule has 4 atom stereocenters. The van der Waals surface area contributed by atoms with Crippen LogP contribution in [-0.4, -0.2) is 17.7 Å². The predicted octanol–water partition coefficient (Wildman–Crippen LogP) is 1.66. The number of nitrogens with one attached hydrogen (secondary N) is 1. The van der Waals surface area contributed by atoms with Crippen LogP contribution in [0.1, 0.15) is 45.4 Å². The normalized spacial score (nSPS) is 47.2. The molecule has 2 aliphatic carbocycles. The number of piperidine rings is 1. The second-order valence-corrected chi connectivity index (χ2v) is 5.90. The molecule has 1 heterocycles. The molecule has 16 heavy (non-hydrogen) atoms. The van der Waals surface area contributed by atoms with E-state index in [1.807, 2.05) is 0 Å². The van der Waals surface area contributed by atoms with Gasteiger partial charge in [-0.1, -0.05) is 6.92 Å². The van der Waals surface area contributed by atoms with Crippen molar-refractivity contribution in [2.24, 2.45) is 17.3 Å². The first-order valence-corrected chi connectivity index (χ1v) is 6.44. The number of rotatable bonds is 0. The van der Waals surface area contributed by atoms with E-state index in [9.17, 15) is 9.59 Å². The second-order valence-electron chi connectivity index (χ2n) is 5.90. The Kier molecular flexibility index (Phi) is 2.13. The third-order valence-electron chi connectivity index (χ3n) is 5.20. The largest absolute Gasteiger partial charge is 0.353 e. The highest BCUT2D eigenvalue weighted by Gasteiger charge is 2.54. The Morgan fingerprint density at radius 2 is 2.00 bits per heavy atom. The molecule has 1 aliphatic heterocycles. The molecule has 0 spiro atoms. The fourth-order valence-electron chi connectivity index (χ4n) is 4.22. The molecule has 0 bridgehead atoms. The molecule has 1 amide bonds. The van der Waals surface area contributed by atoms with Crippen LogP contribution in [0.15, 0.2) is 0 Å². The van der Waals surface area contributed by atoms with Gasteiger partial charge in [-0.2, -0.15) is 0 Å². The van der Waals surface area contributed by atoms with E-state index in [1.165, 1.54) is 0 Å². The van der Waals surface area contributed by atoms with Gasteiger partial charge >= 0.3 is 0 Å². The minimum atomic E-state index is -0.0662. The Morgan fingerprint density at radius 1 is 1.19 bits per heavy atom. The maximum Gasteiger partial charge on any atom is 0.220 e. The van der Waals surface area contributed by atoms with Crippen LogP contribution in [0.2, 0.25) is 0 Å². The van der Waals surface area contributed by atoms with Gasteiger partial charge in [0, 0.05) is 24.3 Å². The minimum absolute atomic E-state index is 0.0662. The van der Waals surface area contributed by atoms with Crippen LogP contribution in [0.3, 0.4) is 0 Å². The Labute approximate surface area is 96.0 Å². The molecule has 3 heteroatoms. The van der Waals surface area contributed by atoms with Crippen molar-refractivity contribution < 1.29 is 9.59 Å². The molecule has 3 rings (SSSR count). The van der Waals surface area contributed by atoms with E-state index in [4.69, 9.17) is 0 Å². The van der Waals surface area contributed by atoms with Crippen molar-refractivity contribution in [2.45, 2.75) is 51.5 Å². The van der Waals surface area contributed by atoms with Crippen LogP contribution in [0.4, 0.5) is 0 Å². The number of Topliss-reactive ketones (excluding diaryl/α,β-unsaturated/α-hetero) is 1. The molecule has 1 saturated heterocycles. The highest BCUT2D eigenvalue weighted by atomic mass is 16.1. The first kappa shape index (κ1) is 10.3. The van der Waals surface area contributed by atoms with Gasteiger partial charge in [-0.25, -0.2) is 0 Å². The fraction of sp³-hybridized carbons (Fsp3) is 0.846. The summed E-state index contributed by atoms with van der Waals surface area (Å²) in [5, 5.41) is 3.11. The Bertz CT molecular complexity index is 352. The predicted molar refractivity (Wildman–Crippen MR) is 59.7 cm³/mol. The van der Waals surface area contributed by atoms with Crippen LogP contribution in [0.25, 0.3) is 0 Å². The van der Waals surface area contributed by atoms with Crippen molar-refractivity contribution in [1.29, 1.82) is 0 Å². The highest BCUT2D eigenvalue weighted by Crippen LogP contribution is 2.54. The molecule has 3 fully saturated rings. The lowest BCUT2D eigenvalue weighted by molar-refractivity contribution is -0.132. The number of carbonyl (C=O) groups excluding carboxylic acids is 2. The molecule has 3 nitrogen and oxygen atoms in total. The Hall–Kier alpha value is -0.860. The van der Waals surface area contributed by atoms with Gasteiger partial charge in [0.2, 0.25) is 5.91 Å². The number of carbonyl (C=O) groups is 2. The van der Waals surface area contributed by atoms with E-state index >= 15 is 0 Å². The van der Waals surface area contributed by atoms with Crippen molar-refractivity contribution in [1.82, 2.24) is 5.32 Å². The Morgan fingerprint density at radius 3 is 2.81 bits per heavy atom. The lowest BCUT2D eigenvalue weighted by atomic mass is 9.60. The lowest BCUT2D eigenvalue weighted by Gasteiger charge is -2.47. The topological polar surface area (TPSA) is 46.2 Å². The number of amides is 1. The van der Waals surface area contributed by atoms with Gasteiger partial charge in [-0.15, -0.1) is 0 Å². The molecular weight excluding hydrogens is 202 g/mol. The first-order chi connectivity index (χ1) is 7.61. The fourth-order valence-corrected chi connectivity index (χ4v) is 4.22. The SMILES string of the molecule is C[C@]12CC[C@@H]3NC(=O)CC[C@H]3[C@@H]1CCC2=O. The van der Waals surface area contributed by atoms with Crippen LogP contribution in [-0.2, 0) is 9.59 Å². The van der Waals surface area contributed by atoms with E-state index in [0.717, 1.165) is 32.1 Å². The summed E-state index contributed by atoms with van der Waals surface area (Å²) in [6.45, 7) is 2.15. The first-order valence-electron chi connectivity index (χ1n) is 6.44. The van der Waals surface area contributed by atoms with E-state index in [2.05, 4.69) is 12.2 Å². The average Bonchev–Trinajstić information content (AvgIpc) is 2.56. The summed E-state index contributed by atoms with van der Waals surface area (Å²) in [7, 11) is 0. The molecule has 0 unspecified atom stereocenters. The van der Waals surface area contributed by atoms with Gasteiger partial charge in [0.1, 0.15) is 5.78 Å². The van der Waals surface area contributed by atoms with Gasteiger partial charge in [0.05, 0.1) is 0 Å². The van der Waals surface area contributed by atoms with Crippen molar-refractivity contribution in [3.63, 3.8) is 0 Å². The molecule has 0 aromatic heterocycles. The maximum absolute atomic E-state index is 12.0. The molecule has 3 aliphatic rings. The minimum Gasteiger partial charge on any atom is -0.353 e. The molecule has 0 aromatic rings. The third-order valence-corrected chi connectivity index (χ3v) is 5.20. The van der Waals surface area contributed by atoms with Crippen LogP contribution < -0.4 is 5.32 Å². The number of hydrogen-bond donors (Lipinski definition) is 1. The van der Waals surface area contributed by atoms with Crippen LogP contribution >= 0.6 is 0 Å². The van der Waals surface area contributed by atoms with E-state index in [-0.39, 0.29) is 11.3 Å². The summed E-state index contributed by atoms with van der Waals surface area (Å²) < 4.78 is 0. The van der Waals surface area contributed by atoms with Crippen molar-refractivity contribution in [2.75, 3.05) is 0 Å². The highest BCUT2D eigenvalue weighted by molar-refractivity contribution is 5.87. The summed E-state index contributed by atoms with van der Waals surface area (Å²) in [6, 6.07) is 0.352. The smallest absolute Gasteiger partial charge is 0.220 e. The van der Waals surface area contributed by atoms with Crippen molar-refractivity contribution >= 4 is 11.7 Å². The zero-order valence-corrected chi connectivity index (χ0v) is 9.79. The summed E-state index contributed by atoms with van der Waals surface area (Å²) in [5.41, 5.74) is -0.0662. The van der Waals surface area contributed by atoms with E-state index < -0.39 is 0 Å². The van der Waals surface area contributed by atoms with Crippen molar-refractivity contribution in [3.8, 4) is 0 Å². The van der Waals surface area contributed by atoms with Gasteiger partial charge in [-0.05, 0) is 37.5 Å². The summed E-state index contributed by atoms with van der Waals surface area (Å²) in [5.74, 6) is 1.75. The monoisotopic (exact) mass is 221 g/mol. The summed E-state index contributed by atoms with van der Waals surface area (Å²) >= 11 is 0. The molecule has 0 radical (unpaired) electrons. The molecule has 88 valence electrons. The van der Waals surface area contributed by atoms with Crippen molar-refractivity contribution in [3.05, 3.63) is 0 Å². The molecule has 0 aromatic carbocycles. The molecular formula is C13H19NO2. The number of fused-ring (bicyclic) bond motifs is 3. The van der Waals surface area contributed by atoms with Gasteiger partial charge < -0.3 is 5.32 Å². The van der Waals surface area contributed by atoms with Gasteiger partial charge in [0.15, 0.2) is 0 Å². The van der Waals surface area contributed by atoms with Crippen LogP contribution in [0, 0.1) is 17.3 Å². The maximum atomic E-state index is 12.0. The number of ketones is 1.